The molecule has 0 saturated heterocycles. The number of benzene rings is 2. The van der Waals surface area contributed by atoms with Gasteiger partial charge in [0.2, 0.25) is 5.88 Å². The number of nitrogens with zero attached hydrogens (tertiary/aromatic N) is 2. The average molecular weight is 450 g/mol. The minimum atomic E-state index is -0.530. The van der Waals surface area contributed by atoms with E-state index in [-0.39, 0.29) is 10.9 Å². The first kappa shape index (κ1) is 21.8. The highest BCUT2D eigenvalue weighted by Crippen LogP contribution is 2.32. The molecule has 0 radical (unpaired) electrons. The molecule has 0 saturated carbocycles. The first-order valence-electron chi connectivity index (χ1n) is 9.35. The number of rotatable bonds is 6. The number of aromatic nitrogens is 2. The number of nitrogens with one attached hydrogen (secondary N) is 1. The number of amides is 1. The molecule has 9 heteroatoms. The van der Waals surface area contributed by atoms with Crippen LogP contribution in [0, 0.1) is 0 Å². The Morgan fingerprint density at radius 2 is 1.83 bits per heavy atom. The van der Waals surface area contributed by atoms with Gasteiger partial charge in [0, 0.05) is 19.2 Å². The van der Waals surface area contributed by atoms with Crippen LogP contribution in [0.2, 0.25) is 10.0 Å². The summed E-state index contributed by atoms with van der Waals surface area (Å²) in [4.78, 5) is 24.5. The van der Waals surface area contributed by atoms with Gasteiger partial charge in [-0.25, -0.2) is 14.2 Å². The van der Waals surface area contributed by atoms with Crippen LogP contribution in [-0.2, 0) is 7.05 Å². The normalized spacial score (nSPS) is 10.8. The molecule has 0 atom stereocenters. The van der Waals surface area contributed by atoms with E-state index in [2.05, 4.69) is 5.32 Å². The molecule has 3 aromatic rings. The topological polar surface area (TPSA) is 85.5 Å². The average Bonchev–Trinajstić information content (AvgIpc) is 2.94. The van der Waals surface area contributed by atoms with E-state index in [1.807, 2.05) is 6.92 Å². The van der Waals surface area contributed by atoms with Crippen molar-refractivity contribution >= 4 is 29.3 Å². The lowest BCUT2D eigenvalue weighted by Crippen LogP contribution is -2.27. The zero-order chi connectivity index (χ0) is 21.8. The van der Waals surface area contributed by atoms with Crippen molar-refractivity contribution in [3.8, 4) is 28.6 Å². The smallest absolute Gasteiger partial charge is 0.412 e. The monoisotopic (exact) mass is 449 g/mol. The number of carbonyl (C=O) groups excluding carboxylic acids is 1. The van der Waals surface area contributed by atoms with Gasteiger partial charge in [-0.3, -0.25) is 4.57 Å². The summed E-state index contributed by atoms with van der Waals surface area (Å²) in [5, 5.41) is 14.0. The Balaban J connectivity index is 1.89. The van der Waals surface area contributed by atoms with Crippen molar-refractivity contribution in [1.82, 2.24) is 14.5 Å². The van der Waals surface area contributed by atoms with Crippen LogP contribution < -0.4 is 15.7 Å². The summed E-state index contributed by atoms with van der Waals surface area (Å²) in [5.41, 5.74) is 0.823. The second-order valence-electron chi connectivity index (χ2n) is 6.64. The van der Waals surface area contributed by atoms with Crippen molar-refractivity contribution in [3.63, 3.8) is 0 Å². The van der Waals surface area contributed by atoms with Gasteiger partial charge in [0.15, 0.2) is 0 Å². The lowest BCUT2D eigenvalue weighted by Gasteiger charge is -2.08. The van der Waals surface area contributed by atoms with Crippen molar-refractivity contribution < 1.29 is 14.6 Å². The molecule has 0 aliphatic heterocycles. The van der Waals surface area contributed by atoms with E-state index in [4.69, 9.17) is 27.9 Å². The molecule has 30 heavy (non-hydrogen) atoms. The minimum absolute atomic E-state index is 0.244. The Bertz CT molecular complexity index is 1120. The third-order valence-corrected chi connectivity index (χ3v) is 5.28. The zero-order valence-corrected chi connectivity index (χ0v) is 18.0. The Morgan fingerprint density at radius 1 is 1.13 bits per heavy atom. The molecular formula is C21H21Cl2N3O4. The molecule has 0 spiro atoms. The highest BCUT2D eigenvalue weighted by molar-refractivity contribution is 6.42. The molecule has 7 nitrogen and oxygen atoms in total. The molecule has 0 fully saturated rings. The number of imidazole rings is 1. The fourth-order valence-electron chi connectivity index (χ4n) is 2.96. The second kappa shape index (κ2) is 9.28. The summed E-state index contributed by atoms with van der Waals surface area (Å²) < 4.78 is 7.69. The van der Waals surface area contributed by atoms with E-state index < -0.39 is 11.8 Å². The highest BCUT2D eigenvalue weighted by Gasteiger charge is 2.20. The van der Waals surface area contributed by atoms with Crippen LogP contribution in [0.25, 0.3) is 16.9 Å². The number of halogens is 2. The van der Waals surface area contributed by atoms with Gasteiger partial charge in [-0.15, -0.1) is 0 Å². The zero-order valence-electron chi connectivity index (χ0n) is 16.5. The van der Waals surface area contributed by atoms with Crippen molar-refractivity contribution in [2.24, 2.45) is 7.05 Å². The largest absolute Gasteiger partial charge is 0.493 e. The number of ether oxygens (including phenoxy) is 1. The van der Waals surface area contributed by atoms with Gasteiger partial charge in [0.25, 0.3) is 0 Å². The van der Waals surface area contributed by atoms with E-state index in [0.29, 0.717) is 34.3 Å². The fourth-order valence-corrected chi connectivity index (χ4v) is 3.26. The first-order chi connectivity index (χ1) is 14.3. The molecule has 3 rings (SSSR count). The van der Waals surface area contributed by atoms with Crippen LogP contribution in [0.5, 0.6) is 11.6 Å². The lowest BCUT2D eigenvalue weighted by molar-refractivity contribution is 0.200. The lowest BCUT2D eigenvalue weighted by atomic mass is 10.1. The van der Waals surface area contributed by atoms with Crippen LogP contribution in [-0.4, -0.2) is 26.9 Å². The molecule has 1 heterocycles. The van der Waals surface area contributed by atoms with Crippen molar-refractivity contribution in [2.75, 3.05) is 6.54 Å². The van der Waals surface area contributed by atoms with E-state index in [1.54, 1.807) is 43.4 Å². The maximum absolute atomic E-state index is 12.7. The predicted octanol–water partition coefficient (Wildman–Crippen LogP) is 4.74. The Morgan fingerprint density at radius 3 is 2.47 bits per heavy atom. The van der Waals surface area contributed by atoms with Gasteiger partial charge in [-0.1, -0.05) is 36.5 Å². The fraction of sp³-hybridized carbons (Fsp3) is 0.238. The number of aromatic hydroxyl groups is 1. The number of unbranched alkanes of at least 4 members (excludes halogenated alkanes) is 1. The van der Waals surface area contributed by atoms with Crippen molar-refractivity contribution in [1.29, 1.82) is 0 Å². The maximum atomic E-state index is 12.7. The Kier molecular flexibility index (Phi) is 6.74. The van der Waals surface area contributed by atoms with Crippen LogP contribution in [0.15, 0.2) is 47.3 Å². The number of hydrogen-bond acceptors (Lipinski definition) is 4. The summed E-state index contributed by atoms with van der Waals surface area (Å²) >= 11 is 12.0. The molecule has 0 aliphatic carbocycles. The first-order valence-corrected chi connectivity index (χ1v) is 10.1. The van der Waals surface area contributed by atoms with Gasteiger partial charge in [-0.05, 0) is 48.9 Å². The predicted molar refractivity (Wildman–Crippen MR) is 117 cm³/mol. The summed E-state index contributed by atoms with van der Waals surface area (Å²) in [6.07, 6.45) is 1.31. The molecule has 1 amide bonds. The van der Waals surface area contributed by atoms with E-state index in [9.17, 15) is 14.7 Å². The SMILES string of the molecule is CCCCNC(=O)Oc1ccc(-c2c(O)n(-c3ccc(Cl)c(Cl)c3)c(=O)n2C)cc1. The Hall–Kier alpha value is -2.90. The highest BCUT2D eigenvalue weighted by atomic mass is 35.5. The summed E-state index contributed by atoms with van der Waals surface area (Å²) in [5.74, 6) is 0.105. The quantitative estimate of drug-likeness (QED) is 0.531. The molecule has 0 bridgehead atoms. The van der Waals surface area contributed by atoms with Crippen molar-refractivity contribution in [2.45, 2.75) is 19.8 Å². The molecular weight excluding hydrogens is 429 g/mol. The Labute approximate surface area is 183 Å². The van der Waals surface area contributed by atoms with Crippen LogP contribution in [0.4, 0.5) is 4.79 Å². The van der Waals surface area contributed by atoms with Crippen molar-refractivity contribution in [3.05, 3.63) is 63.0 Å². The van der Waals surface area contributed by atoms with Gasteiger partial charge in [0.05, 0.1) is 15.7 Å². The number of hydrogen-bond donors (Lipinski definition) is 2. The molecule has 1 aromatic heterocycles. The van der Waals surface area contributed by atoms with E-state index in [1.165, 1.54) is 10.6 Å². The van der Waals surface area contributed by atoms with Gasteiger partial charge in [-0.2, -0.15) is 0 Å². The van der Waals surface area contributed by atoms with Gasteiger partial charge >= 0.3 is 11.8 Å². The van der Waals surface area contributed by atoms with Crippen LogP contribution in [0.1, 0.15) is 19.8 Å². The summed E-state index contributed by atoms with van der Waals surface area (Å²) in [6.45, 7) is 2.58. The molecule has 2 N–H and O–H groups in total. The molecule has 0 aliphatic rings. The maximum Gasteiger partial charge on any atom is 0.412 e. The second-order valence-corrected chi connectivity index (χ2v) is 7.46. The summed E-state index contributed by atoms with van der Waals surface area (Å²) in [7, 11) is 1.55. The molecule has 2 aromatic carbocycles. The van der Waals surface area contributed by atoms with Crippen LogP contribution in [0.3, 0.4) is 0 Å². The third-order valence-electron chi connectivity index (χ3n) is 4.54. The minimum Gasteiger partial charge on any atom is -0.493 e. The number of carbonyl (C=O) groups is 1. The van der Waals surface area contributed by atoms with Gasteiger partial charge in [0.1, 0.15) is 11.4 Å². The van der Waals surface area contributed by atoms with E-state index >= 15 is 0 Å². The molecule has 158 valence electrons. The standard InChI is InChI=1S/C21H21Cl2N3O4/c1-3-4-11-24-20(28)30-15-8-5-13(6-9-15)18-19(27)26(21(29)25(18)2)14-7-10-16(22)17(23)12-14/h5-10,12,27H,3-4,11H2,1-2H3,(H,24,28). The van der Waals surface area contributed by atoms with E-state index in [0.717, 1.165) is 17.4 Å². The van der Waals surface area contributed by atoms with Crippen LogP contribution >= 0.6 is 23.2 Å². The van der Waals surface area contributed by atoms with Gasteiger partial charge < -0.3 is 15.2 Å². The third kappa shape index (κ3) is 4.47. The summed E-state index contributed by atoms with van der Waals surface area (Å²) in [6, 6.07) is 11.1. The molecule has 0 unspecified atom stereocenters.